The summed E-state index contributed by atoms with van der Waals surface area (Å²) in [5.41, 5.74) is 0.400. The number of aliphatic hydroxyl groups is 1. The number of carbonyl (C=O) groups is 1. The van der Waals surface area contributed by atoms with Gasteiger partial charge in [0.15, 0.2) is 34.7 Å². The lowest BCUT2D eigenvalue weighted by molar-refractivity contribution is -0.245. The predicted molar refractivity (Wildman–Crippen MR) is 141 cm³/mol. The lowest BCUT2D eigenvalue weighted by Crippen LogP contribution is -2.31. The van der Waals surface area contributed by atoms with Crippen LogP contribution in [-0.2, 0) is 23.1 Å². The Kier molecular flexibility index (Phi) is 8.87. The molecule has 1 aromatic heterocycles. The normalized spacial score (nSPS) is 18.7. The maximum Gasteiger partial charge on any atom is 0.261 e. The molecule has 1 aliphatic heterocycles. The molecule has 0 aliphatic carbocycles. The van der Waals surface area contributed by atoms with E-state index in [1.165, 1.54) is 30.0 Å². The van der Waals surface area contributed by atoms with Gasteiger partial charge in [0.1, 0.15) is 11.9 Å². The average Bonchev–Trinajstić information content (AvgIpc) is 3.42. The van der Waals surface area contributed by atoms with Crippen LogP contribution in [-0.4, -0.2) is 37.6 Å². The van der Waals surface area contributed by atoms with Gasteiger partial charge in [-0.25, -0.2) is 22.0 Å². The first kappa shape index (κ1) is 29.6. The molecule has 0 radical (unpaired) electrons. The van der Waals surface area contributed by atoms with Crippen molar-refractivity contribution in [2.45, 2.75) is 36.7 Å². The molecule has 42 heavy (non-hydrogen) atoms. The lowest BCUT2D eigenvalue weighted by Gasteiger charge is -2.36. The Morgan fingerprint density at radius 2 is 1.69 bits per heavy atom. The Morgan fingerprint density at radius 1 is 1.00 bits per heavy atom. The van der Waals surface area contributed by atoms with E-state index < -0.39 is 53.0 Å². The first-order valence-electron chi connectivity index (χ1n) is 12.6. The second-order valence-corrected chi connectivity index (χ2v) is 10.4. The van der Waals surface area contributed by atoms with Gasteiger partial charge in [-0.05, 0) is 23.3 Å². The monoisotopic (exact) mass is 606 g/mol. The summed E-state index contributed by atoms with van der Waals surface area (Å²) in [4.78, 5) is 12.6. The Balaban J connectivity index is 1.39. The largest absolute Gasteiger partial charge is 0.392 e. The summed E-state index contributed by atoms with van der Waals surface area (Å²) < 4.78 is 83.3. The van der Waals surface area contributed by atoms with Gasteiger partial charge in [-0.2, -0.15) is 0 Å². The SMILES string of the molecule is Cn1cnnc1SC[C@@H]1C[C@H](c2ccc(CO)cc2)O[C@H](c2cccc(NC(=O)c3c(F)c(F)c(F)c(F)c3F)c2)O1. The number of benzene rings is 3. The molecule has 0 spiro atoms. The van der Waals surface area contributed by atoms with Crippen LogP contribution >= 0.6 is 11.8 Å². The highest BCUT2D eigenvalue weighted by Crippen LogP contribution is 2.40. The number of carbonyl (C=O) groups excluding carboxylic acids is 1. The quantitative estimate of drug-likeness (QED) is 0.117. The fraction of sp³-hybridized carbons (Fsp3) is 0.250. The predicted octanol–water partition coefficient (Wildman–Crippen LogP) is 5.59. The number of nitrogens with one attached hydrogen (secondary N) is 1. The highest BCUT2D eigenvalue weighted by atomic mass is 32.2. The third-order valence-corrected chi connectivity index (χ3v) is 7.70. The maximum absolute atomic E-state index is 14.2. The zero-order chi connectivity index (χ0) is 30.0. The van der Waals surface area contributed by atoms with Gasteiger partial charge in [0.25, 0.3) is 5.91 Å². The number of nitrogens with zero attached hydrogens (tertiary/aromatic N) is 3. The van der Waals surface area contributed by atoms with E-state index in [4.69, 9.17) is 9.47 Å². The standard InChI is InChI=1S/C28H23F5N4O4S/c1-37-13-34-36-28(37)42-12-18-10-19(15-7-5-14(11-38)6-8-15)41-27(40-18)16-3-2-4-17(9-16)35-26(39)20-21(29)23(31)25(33)24(32)22(20)30/h2-9,13,18-19,27,38H,10-12H2,1H3,(H,35,39)/t18-,19+,27+/m0/s1. The van der Waals surface area contributed by atoms with Crippen molar-refractivity contribution in [1.29, 1.82) is 0 Å². The topological polar surface area (TPSA) is 98.5 Å². The summed E-state index contributed by atoms with van der Waals surface area (Å²) in [5, 5.41) is 20.2. The van der Waals surface area contributed by atoms with E-state index in [1.54, 1.807) is 29.1 Å². The van der Waals surface area contributed by atoms with Crippen molar-refractivity contribution in [2.24, 2.45) is 7.05 Å². The van der Waals surface area contributed by atoms with Gasteiger partial charge in [0, 0.05) is 30.5 Å². The minimum Gasteiger partial charge on any atom is -0.392 e. The fourth-order valence-corrected chi connectivity index (χ4v) is 5.26. The van der Waals surface area contributed by atoms with Gasteiger partial charge in [-0.1, -0.05) is 48.2 Å². The van der Waals surface area contributed by atoms with Crippen LogP contribution in [0.15, 0.2) is 60.0 Å². The molecular formula is C28H23F5N4O4S. The zero-order valence-corrected chi connectivity index (χ0v) is 22.7. The number of aryl methyl sites for hydroxylation is 1. The lowest BCUT2D eigenvalue weighted by atomic mass is 10.0. The molecule has 8 nitrogen and oxygen atoms in total. The molecule has 2 heterocycles. The van der Waals surface area contributed by atoms with Gasteiger partial charge in [-0.15, -0.1) is 10.2 Å². The number of thioether (sulfide) groups is 1. The van der Waals surface area contributed by atoms with E-state index in [0.717, 1.165) is 11.1 Å². The molecule has 14 heteroatoms. The van der Waals surface area contributed by atoms with E-state index in [1.807, 2.05) is 19.2 Å². The third kappa shape index (κ3) is 6.16. The van der Waals surface area contributed by atoms with Crippen molar-refractivity contribution < 1.29 is 41.3 Å². The number of hydrogen-bond acceptors (Lipinski definition) is 7. The second kappa shape index (κ2) is 12.6. The van der Waals surface area contributed by atoms with Crippen molar-refractivity contribution in [2.75, 3.05) is 11.1 Å². The number of ether oxygens (including phenoxy) is 2. The molecule has 0 saturated carbocycles. The summed E-state index contributed by atoms with van der Waals surface area (Å²) >= 11 is 1.44. The van der Waals surface area contributed by atoms with Gasteiger partial charge < -0.3 is 24.5 Å². The van der Waals surface area contributed by atoms with Crippen LogP contribution in [0.3, 0.4) is 0 Å². The molecule has 5 rings (SSSR count). The molecule has 3 atom stereocenters. The summed E-state index contributed by atoms with van der Waals surface area (Å²) in [5.74, 6) is -12.3. The maximum atomic E-state index is 14.2. The van der Waals surface area contributed by atoms with Crippen molar-refractivity contribution in [3.8, 4) is 0 Å². The summed E-state index contributed by atoms with van der Waals surface area (Å²) in [6.45, 7) is -0.113. The second-order valence-electron chi connectivity index (χ2n) is 9.41. The number of aliphatic hydroxyl groups excluding tert-OH is 1. The molecule has 1 saturated heterocycles. The number of rotatable bonds is 8. The Bertz CT molecular complexity index is 1570. The first-order valence-corrected chi connectivity index (χ1v) is 13.5. The van der Waals surface area contributed by atoms with Crippen LogP contribution in [0.25, 0.3) is 0 Å². The number of anilines is 1. The molecular weight excluding hydrogens is 583 g/mol. The van der Waals surface area contributed by atoms with Gasteiger partial charge >= 0.3 is 0 Å². The molecule has 1 fully saturated rings. The van der Waals surface area contributed by atoms with Crippen molar-refractivity contribution in [3.05, 3.63) is 106 Å². The van der Waals surface area contributed by atoms with Crippen LogP contribution in [0, 0.1) is 29.1 Å². The van der Waals surface area contributed by atoms with Gasteiger partial charge in [0.05, 0.1) is 18.8 Å². The van der Waals surface area contributed by atoms with Crippen LogP contribution in [0.4, 0.5) is 27.6 Å². The molecule has 220 valence electrons. The Labute approximate surface area is 240 Å². The molecule has 1 amide bonds. The van der Waals surface area contributed by atoms with E-state index in [0.29, 0.717) is 22.9 Å². The Morgan fingerprint density at radius 3 is 2.33 bits per heavy atom. The molecule has 0 unspecified atom stereocenters. The number of aromatic nitrogens is 3. The summed E-state index contributed by atoms with van der Waals surface area (Å²) in [7, 11) is 1.81. The zero-order valence-electron chi connectivity index (χ0n) is 21.9. The van der Waals surface area contributed by atoms with Crippen molar-refractivity contribution in [3.63, 3.8) is 0 Å². The molecule has 2 N–H and O–H groups in total. The molecule has 3 aromatic carbocycles. The van der Waals surface area contributed by atoms with E-state index >= 15 is 0 Å². The van der Waals surface area contributed by atoms with Crippen molar-refractivity contribution >= 4 is 23.4 Å². The minimum atomic E-state index is -2.36. The summed E-state index contributed by atoms with van der Waals surface area (Å²) in [6.07, 6.45) is 0.356. The van der Waals surface area contributed by atoms with E-state index in [-0.39, 0.29) is 18.4 Å². The number of amides is 1. The Hall–Kier alpha value is -3.85. The average molecular weight is 607 g/mol. The van der Waals surface area contributed by atoms with Crippen LogP contribution in [0.2, 0.25) is 0 Å². The number of hydrogen-bond donors (Lipinski definition) is 2. The molecule has 4 aromatic rings. The summed E-state index contributed by atoms with van der Waals surface area (Å²) in [6, 6.07) is 13.2. The minimum absolute atomic E-state index is 0.00748. The molecule has 0 bridgehead atoms. The highest BCUT2D eigenvalue weighted by molar-refractivity contribution is 7.99. The van der Waals surface area contributed by atoms with Crippen LogP contribution in [0.1, 0.15) is 45.9 Å². The van der Waals surface area contributed by atoms with Crippen LogP contribution < -0.4 is 5.32 Å². The van der Waals surface area contributed by atoms with Gasteiger partial charge in [-0.3, -0.25) is 4.79 Å². The smallest absolute Gasteiger partial charge is 0.261 e. The van der Waals surface area contributed by atoms with E-state index in [9.17, 15) is 31.9 Å². The van der Waals surface area contributed by atoms with Crippen LogP contribution in [0.5, 0.6) is 0 Å². The third-order valence-electron chi connectivity index (χ3n) is 6.54. The van der Waals surface area contributed by atoms with Gasteiger partial charge in [0.2, 0.25) is 5.82 Å². The van der Waals surface area contributed by atoms with Crippen molar-refractivity contribution in [1.82, 2.24) is 14.8 Å². The molecule has 1 aliphatic rings. The fourth-order valence-electron chi connectivity index (χ4n) is 4.35. The van der Waals surface area contributed by atoms with E-state index in [2.05, 4.69) is 15.5 Å². The number of halogens is 5. The highest BCUT2D eigenvalue weighted by Gasteiger charge is 2.33. The first-order chi connectivity index (χ1) is 20.2.